The molecule has 132 valence electrons. The van der Waals surface area contributed by atoms with Gasteiger partial charge in [-0.05, 0) is 32.9 Å². The number of ether oxygens (including phenoxy) is 1. The largest absolute Gasteiger partial charge is 0.466 e. The van der Waals surface area contributed by atoms with E-state index in [1.165, 1.54) is 36.8 Å². The zero-order valence-corrected chi connectivity index (χ0v) is 15.0. The number of rotatable bonds is 5. The molecule has 0 saturated carbocycles. The Hall–Kier alpha value is -1.96. The van der Waals surface area contributed by atoms with Crippen molar-refractivity contribution in [2.24, 2.45) is 0 Å². The summed E-state index contributed by atoms with van der Waals surface area (Å²) in [4.78, 5) is 37.8. The van der Waals surface area contributed by atoms with Gasteiger partial charge in [0.15, 0.2) is 6.10 Å². The smallest absolute Gasteiger partial charge is 0.330 e. The van der Waals surface area contributed by atoms with Gasteiger partial charge in [-0.15, -0.1) is 11.8 Å². The van der Waals surface area contributed by atoms with Crippen LogP contribution >= 0.6 is 11.8 Å². The molecule has 3 atom stereocenters. The van der Waals surface area contributed by atoms with E-state index in [1.54, 1.807) is 12.1 Å². The molecule has 0 aromatic carbocycles. The monoisotopic (exact) mass is 354 g/mol. The van der Waals surface area contributed by atoms with Crippen LogP contribution in [0.4, 0.5) is 0 Å². The third kappa shape index (κ3) is 4.11. The molecule has 1 aliphatic rings. The van der Waals surface area contributed by atoms with Crippen LogP contribution in [0.15, 0.2) is 22.8 Å². The van der Waals surface area contributed by atoms with Crippen molar-refractivity contribution in [2.75, 3.05) is 5.75 Å². The van der Waals surface area contributed by atoms with Crippen molar-refractivity contribution >= 4 is 29.5 Å². The molecule has 0 bridgehead atoms. The molecule has 2 amide bonds. The fourth-order valence-electron chi connectivity index (χ4n) is 2.43. The first-order valence-electron chi connectivity index (χ1n) is 7.76. The Balaban J connectivity index is 2.06. The third-order valence-electron chi connectivity index (χ3n) is 3.52. The van der Waals surface area contributed by atoms with Gasteiger partial charge in [0.05, 0.1) is 6.26 Å². The Morgan fingerprint density at radius 3 is 2.62 bits per heavy atom. The lowest BCUT2D eigenvalue weighted by atomic mass is 10.2. The van der Waals surface area contributed by atoms with Crippen LogP contribution in [-0.2, 0) is 19.1 Å². The number of hydrogen-bond donors (Lipinski definition) is 1. The van der Waals surface area contributed by atoms with Gasteiger partial charge in [-0.3, -0.25) is 9.59 Å². The highest BCUT2D eigenvalue weighted by molar-refractivity contribution is 7.99. The summed E-state index contributed by atoms with van der Waals surface area (Å²) in [5.74, 6) is -0.194. The predicted octanol–water partition coefficient (Wildman–Crippen LogP) is 1.70. The van der Waals surface area contributed by atoms with Crippen LogP contribution < -0.4 is 5.32 Å². The Morgan fingerprint density at radius 1 is 1.38 bits per heavy atom. The Bertz CT molecular complexity index is 602. The maximum Gasteiger partial charge on any atom is 0.330 e. The lowest BCUT2D eigenvalue weighted by Gasteiger charge is -2.26. The van der Waals surface area contributed by atoms with Crippen LogP contribution in [0.2, 0.25) is 0 Å². The van der Waals surface area contributed by atoms with Crippen LogP contribution in [0.1, 0.15) is 38.8 Å². The van der Waals surface area contributed by atoms with Crippen LogP contribution in [0.5, 0.6) is 0 Å². The molecule has 24 heavy (non-hydrogen) atoms. The van der Waals surface area contributed by atoms with Crippen molar-refractivity contribution in [3.05, 3.63) is 24.2 Å². The first-order valence-corrected chi connectivity index (χ1v) is 8.81. The average molecular weight is 354 g/mol. The van der Waals surface area contributed by atoms with Crippen molar-refractivity contribution in [1.82, 2.24) is 10.2 Å². The average Bonchev–Trinajstić information content (AvgIpc) is 3.15. The Labute approximate surface area is 145 Å². The summed E-state index contributed by atoms with van der Waals surface area (Å²) in [6.07, 6.45) is 0.611. The molecule has 1 saturated heterocycles. The van der Waals surface area contributed by atoms with E-state index in [1.807, 2.05) is 13.8 Å². The standard InChI is InChI=1S/C16H22N2O5S/c1-9(2)17-14(20)10(3)23-16(21)12-8-24-15(18(12)11(4)19)13-6-5-7-22-13/h5-7,9-10,12,15H,8H2,1-4H3,(H,17,20)/t10-,12-,15-/m1/s1. The quantitative estimate of drug-likeness (QED) is 0.810. The van der Waals surface area contributed by atoms with Crippen molar-refractivity contribution < 1.29 is 23.5 Å². The lowest BCUT2D eigenvalue weighted by Crippen LogP contribution is -2.46. The molecule has 1 aromatic rings. The Kier molecular flexibility index (Phi) is 5.93. The number of carbonyl (C=O) groups excluding carboxylic acids is 3. The summed E-state index contributed by atoms with van der Waals surface area (Å²) in [5.41, 5.74) is 0. The van der Waals surface area contributed by atoms with Crippen LogP contribution in [0.25, 0.3) is 0 Å². The van der Waals surface area contributed by atoms with Gasteiger partial charge in [0, 0.05) is 18.7 Å². The molecule has 0 radical (unpaired) electrons. The summed E-state index contributed by atoms with van der Waals surface area (Å²) < 4.78 is 10.6. The number of nitrogens with one attached hydrogen (secondary N) is 1. The zero-order chi connectivity index (χ0) is 17.9. The molecule has 1 fully saturated rings. The first-order chi connectivity index (χ1) is 11.3. The number of carbonyl (C=O) groups is 3. The summed E-state index contributed by atoms with van der Waals surface area (Å²) in [5, 5.41) is 2.32. The van der Waals surface area contributed by atoms with E-state index in [9.17, 15) is 14.4 Å². The highest BCUT2D eigenvalue weighted by Crippen LogP contribution is 2.41. The van der Waals surface area contributed by atoms with E-state index < -0.39 is 18.1 Å². The molecular weight excluding hydrogens is 332 g/mol. The highest BCUT2D eigenvalue weighted by atomic mass is 32.2. The van der Waals surface area contributed by atoms with Gasteiger partial charge >= 0.3 is 5.97 Å². The van der Waals surface area contributed by atoms with Gasteiger partial charge in [-0.2, -0.15) is 0 Å². The molecule has 0 unspecified atom stereocenters. The number of thioether (sulfide) groups is 1. The van der Waals surface area contributed by atoms with Crippen LogP contribution in [-0.4, -0.2) is 46.6 Å². The first kappa shape index (κ1) is 18.4. The van der Waals surface area contributed by atoms with Crippen molar-refractivity contribution in [1.29, 1.82) is 0 Å². The van der Waals surface area contributed by atoms with Gasteiger partial charge in [-0.1, -0.05) is 0 Å². The molecule has 7 nitrogen and oxygen atoms in total. The zero-order valence-electron chi connectivity index (χ0n) is 14.1. The normalized spacial score (nSPS) is 21.6. The van der Waals surface area contributed by atoms with Gasteiger partial charge in [0.2, 0.25) is 5.91 Å². The van der Waals surface area contributed by atoms with E-state index in [4.69, 9.17) is 9.15 Å². The minimum Gasteiger partial charge on any atom is -0.466 e. The molecule has 2 heterocycles. The summed E-state index contributed by atoms with van der Waals surface area (Å²) >= 11 is 1.43. The second-order valence-electron chi connectivity index (χ2n) is 5.89. The lowest BCUT2D eigenvalue weighted by molar-refractivity contribution is -0.161. The number of amides is 2. The SMILES string of the molecule is CC(=O)N1[C@@H](C(=O)O[C@H](C)C(=O)NC(C)C)CS[C@@H]1c1ccco1. The molecule has 1 aliphatic heterocycles. The van der Waals surface area contributed by atoms with E-state index in [0.717, 1.165) is 0 Å². The topological polar surface area (TPSA) is 88.8 Å². The molecule has 2 rings (SSSR count). The van der Waals surface area contributed by atoms with Crippen molar-refractivity contribution in [3.63, 3.8) is 0 Å². The van der Waals surface area contributed by atoms with Crippen LogP contribution in [0, 0.1) is 0 Å². The number of esters is 1. The number of nitrogens with zero attached hydrogens (tertiary/aromatic N) is 1. The predicted molar refractivity (Wildman–Crippen MR) is 89.0 cm³/mol. The van der Waals surface area contributed by atoms with E-state index in [-0.39, 0.29) is 23.2 Å². The maximum atomic E-state index is 12.4. The maximum absolute atomic E-state index is 12.4. The molecule has 1 N–H and O–H groups in total. The third-order valence-corrected chi connectivity index (χ3v) is 4.80. The molecule has 0 spiro atoms. The second-order valence-corrected chi connectivity index (χ2v) is 7.00. The molecule has 8 heteroatoms. The summed E-state index contributed by atoms with van der Waals surface area (Å²) in [6.45, 7) is 6.56. The van der Waals surface area contributed by atoms with Gasteiger partial charge in [-0.25, -0.2) is 4.79 Å². The van der Waals surface area contributed by atoms with E-state index in [0.29, 0.717) is 11.5 Å². The van der Waals surface area contributed by atoms with Crippen molar-refractivity contribution in [2.45, 2.75) is 51.3 Å². The molecular formula is C16H22N2O5S. The minimum atomic E-state index is -0.915. The molecule has 0 aliphatic carbocycles. The summed E-state index contributed by atoms with van der Waals surface area (Å²) in [7, 11) is 0. The van der Waals surface area contributed by atoms with Crippen molar-refractivity contribution in [3.8, 4) is 0 Å². The van der Waals surface area contributed by atoms with Gasteiger partial charge in [0.1, 0.15) is 17.2 Å². The van der Waals surface area contributed by atoms with E-state index >= 15 is 0 Å². The number of furan rings is 1. The second kappa shape index (κ2) is 7.74. The highest BCUT2D eigenvalue weighted by Gasteiger charge is 2.43. The van der Waals surface area contributed by atoms with Gasteiger partial charge < -0.3 is 19.4 Å². The number of hydrogen-bond acceptors (Lipinski definition) is 6. The van der Waals surface area contributed by atoms with Crippen LogP contribution in [0.3, 0.4) is 0 Å². The molecule has 1 aromatic heterocycles. The van der Waals surface area contributed by atoms with Gasteiger partial charge in [0.25, 0.3) is 5.91 Å². The Morgan fingerprint density at radius 2 is 2.08 bits per heavy atom. The minimum absolute atomic E-state index is 0.0438. The fourth-order valence-corrected chi connectivity index (χ4v) is 3.85. The summed E-state index contributed by atoms with van der Waals surface area (Å²) in [6, 6.07) is 2.72. The fraction of sp³-hybridized carbons (Fsp3) is 0.562. The van der Waals surface area contributed by atoms with E-state index in [2.05, 4.69) is 5.32 Å².